The van der Waals surface area contributed by atoms with Crippen LogP contribution in [-0.2, 0) is 10.4 Å². The molecule has 0 aliphatic heterocycles. The van der Waals surface area contributed by atoms with Gasteiger partial charge >= 0.3 is 0 Å². The molecule has 156 valence electrons. The van der Waals surface area contributed by atoms with Gasteiger partial charge in [0.1, 0.15) is 0 Å². The molecule has 4 aromatic carbocycles. The van der Waals surface area contributed by atoms with E-state index in [-0.39, 0.29) is 0 Å². The second-order valence-corrected chi connectivity index (χ2v) is 7.62. The molecule has 5 aromatic rings. The fraction of sp³-hybridized carbons (Fsp3) is 0.0370. The van der Waals surface area contributed by atoms with Gasteiger partial charge in [-0.3, -0.25) is 4.79 Å². The van der Waals surface area contributed by atoms with Crippen LogP contribution >= 0.6 is 0 Å². The molecule has 0 saturated heterocycles. The van der Waals surface area contributed by atoms with Gasteiger partial charge in [0.2, 0.25) is 0 Å². The first-order valence-corrected chi connectivity index (χ1v) is 10.3. The highest BCUT2D eigenvalue weighted by atomic mass is 16.3. The third kappa shape index (κ3) is 3.45. The van der Waals surface area contributed by atoms with E-state index in [1.165, 1.54) is 0 Å². The van der Waals surface area contributed by atoms with Crippen molar-refractivity contribution in [2.24, 2.45) is 5.10 Å². The summed E-state index contributed by atoms with van der Waals surface area (Å²) in [6, 6.07) is 31.8. The first-order chi connectivity index (χ1) is 15.7. The van der Waals surface area contributed by atoms with E-state index < -0.39 is 11.5 Å². The number of rotatable bonds is 5. The predicted octanol–water partition coefficient (Wildman–Crippen LogP) is 4.71. The molecule has 0 atom stereocenters. The molecule has 0 spiro atoms. The van der Waals surface area contributed by atoms with Crippen LogP contribution in [0.4, 0.5) is 0 Å². The van der Waals surface area contributed by atoms with E-state index in [0.29, 0.717) is 11.1 Å². The van der Waals surface area contributed by atoms with Gasteiger partial charge < -0.3 is 10.1 Å². The van der Waals surface area contributed by atoms with Crippen LogP contribution in [0, 0.1) is 0 Å². The molecule has 0 saturated carbocycles. The lowest BCUT2D eigenvalue weighted by Crippen LogP contribution is -2.43. The number of benzene rings is 4. The van der Waals surface area contributed by atoms with Gasteiger partial charge in [-0.15, -0.1) is 0 Å². The standard InChI is InChI=1S/C27H21N3O2/c31-26(27(32,20-9-3-1-4-10-20)21-11-5-2-6-12-21)30-28-18-19-15-16-25-23(17-19)22-13-7-8-14-24(22)29-25/h1-18,29,32H,(H,30,31)/b28-18-. The Kier molecular flexibility index (Phi) is 5.01. The maximum atomic E-state index is 13.1. The van der Waals surface area contributed by atoms with Crippen molar-refractivity contribution < 1.29 is 9.90 Å². The molecule has 0 aliphatic rings. The molecule has 0 fully saturated rings. The Bertz CT molecular complexity index is 1380. The fourth-order valence-electron chi connectivity index (χ4n) is 3.98. The van der Waals surface area contributed by atoms with Crippen LogP contribution in [-0.4, -0.2) is 22.2 Å². The topological polar surface area (TPSA) is 77.5 Å². The van der Waals surface area contributed by atoms with Crippen LogP contribution < -0.4 is 5.43 Å². The molecule has 0 unspecified atom stereocenters. The molecule has 3 N–H and O–H groups in total. The summed E-state index contributed by atoms with van der Waals surface area (Å²) in [6.07, 6.45) is 1.58. The number of carbonyl (C=O) groups excluding carboxylic acids is 1. The lowest BCUT2D eigenvalue weighted by Gasteiger charge is -2.27. The molecule has 1 heterocycles. The van der Waals surface area contributed by atoms with Crippen LogP contribution in [0.1, 0.15) is 16.7 Å². The third-order valence-electron chi connectivity index (χ3n) is 5.62. The molecule has 1 aromatic heterocycles. The number of para-hydroxylation sites is 1. The highest BCUT2D eigenvalue weighted by Gasteiger charge is 2.39. The fourth-order valence-corrected chi connectivity index (χ4v) is 3.98. The SMILES string of the molecule is O=C(N/N=C\c1ccc2[nH]c3ccccc3c2c1)C(O)(c1ccccc1)c1ccccc1. The first kappa shape index (κ1) is 19.7. The highest BCUT2D eigenvalue weighted by Crippen LogP contribution is 2.30. The number of fused-ring (bicyclic) bond motifs is 3. The smallest absolute Gasteiger partial charge is 0.281 e. The van der Waals surface area contributed by atoms with E-state index in [2.05, 4.69) is 21.6 Å². The van der Waals surface area contributed by atoms with Gasteiger partial charge in [-0.2, -0.15) is 5.10 Å². The van der Waals surface area contributed by atoms with Crippen molar-refractivity contribution in [2.75, 3.05) is 0 Å². The van der Waals surface area contributed by atoms with Gasteiger partial charge in [-0.1, -0.05) is 84.9 Å². The van der Waals surface area contributed by atoms with Gasteiger partial charge in [0.05, 0.1) is 6.21 Å². The second kappa shape index (κ2) is 8.13. The van der Waals surface area contributed by atoms with E-state index in [1.54, 1.807) is 54.7 Å². The van der Waals surface area contributed by atoms with Crippen molar-refractivity contribution in [1.82, 2.24) is 10.4 Å². The monoisotopic (exact) mass is 419 g/mol. The van der Waals surface area contributed by atoms with Gasteiger partial charge in [-0.05, 0) is 34.9 Å². The van der Waals surface area contributed by atoms with E-state index in [4.69, 9.17) is 0 Å². The Hall–Kier alpha value is -4.22. The minimum atomic E-state index is -1.86. The summed E-state index contributed by atoms with van der Waals surface area (Å²) in [5, 5.41) is 17.8. The summed E-state index contributed by atoms with van der Waals surface area (Å²) >= 11 is 0. The number of carbonyl (C=O) groups is 1. The van der Waals surface area contributed by atoms with Crippen LogP contribution in [0.3, 0.4) is 0 Å². The van der Waals surface area contributed by atoms with Crippen LogP contribution in [0.25, 0.3) is 21.8 Å². The van der Waals surface area contributed by atoms with Gasteiger partial charge in [0.15, 0.2) is 5.60 Å². The van der Waals surface area contributed by atoms with Crippen molar-refractivity contribution in [3.63, 3.8) is 0 Å². The summed E-state index contributed by atoms with van der Waals surface area (Å²) in [5.41, 5.74) is 4.55. The van der Waals surface area contributed by atoms with Crippen molar-refractivity contribution in [3.8, 4) is 0 Å². The first-order valence-electron chi connectivity index (χ1n) is 10.3. The molecular formula is C27H21N3O2. The molecule has 0 radical (unpaired) electrons. The third-order valence-corrected chi connectivity index (χ3v) is 5.62. The summed E-state index contributed by atoms with van der Waals surface area (Å²) in [7, 11) is 0. The Morgan fingerprint density at radius 2 is 1.38 bits per heavy atom. The minimum absolute atomic E-state index is 0.471. The number of nitrogens with one attached hydrogen (secondary N) is 2. The average molecular weight is 419 g/mol. The summed E-state index contributed by atoms with van der Waals surface area (Å²) in [4.78, 5) is 16.5. The maximum Gasteiger partial charge on any atom is 0.281 e. The number of H-pyrrole nitrogens is 1. The minimum Gasteiger partial charge on any atom is -0.372 e. The Balaban J connectivity index is 1.44. The summed E-state index contributed by atoms with van der Waals surface area (Å²) in [5.74, 6) is -0.626. The van der Waals surface area contributed by atoms with Gasteiger partial charge in [0.25, 0.3) is 5.91 Å². The lowest BCUT2D eigenvalue weighted by atomic mass is 9.85. The summed E-state index contributed by atoms with van der Waals surface area (Å²) in [6.45, 7) is 0. The van der Waals surface area contributed by atoms with Crippen molar-refractivity contribution in [2.45, 2.75) is 5.60 Å². The molecule has 5 heteroatoms. The maximum absolute atomic E-state index is 13.1. The number of hydrogen-bond acceptors (Lipinski definition) is 3. The molecular weight excluding hydrogens is 398 g/mol. The Morgan fingerprint density at radius 3 is 2.06 bits per heavy atom. The number of amides is 1. The van der Waals surface area contributed by atoms with E-state index in [1.807, 2.05) is 48.5 Å². The zero-order valence-corrected chi connectivity index (χ0v) is 17.2. The molecule has 1 amide bonds. The quantitative estimate of drug-likeness (QED) is 0.285. The van der Waals surface area contributed by atoms with E-state index in [9.17, 15) is 9.90 Å². The molecule has 0 bridgehead atoms. The zero-order valence-electron chi connectivity index (χ0n) is 17.2. The predicted molar refractivity (Wildman–Crippen MR) is 127 cm³/mol. The number of aliphatic hydroxyl groups is 1. The van der Waals surface area contributed by atoms with Crippen LogP contribution in [0.5, 0.6) is 0 Å². The van der Waals surface area contributed by atoms with Crippen LogP contribution in [0.2, 0.25) is 0 Å². The second-order valence-electron chi connectivity index (χ2n) is 7.62. The average Bonchev–Trinajstić information content (AvgIpc) is 3.22. The van der Waals surface area contributed by atoms with Crippen molar-refractivity contribution in [3.05, 3.63) is 120 Å². The lowest BCUT2D eigenvalue weighted by molar-refractivity contribution is -0.136. The van der Waals surface area contributed by atoms with Gasteiger partial charge in [-0.25, -0.2) is 5.43 Å². The number of nitrogens with zero attached hydrogens (tertiary/aromatic N) is 1. The summed E-state index contributed by atoms with van der Waals surface area (Å²) < 4.78 is 0. The highest BCUT2D eigenvalue weighted by molar-refractivity contribution is 6.08. The van der Waals surface area contributed by atoms with E-state index in [0.717, 1.165) is 27.4 Å². The van der Waals surface area contributed by atoms with E-state index >= 15 is 0 Å². The zero-order chi connectivity index (χ0) is 22.0. The Morgan fingerprint density at radius 1 is 0.781 bits per heavy atom. The van der Waals surface area contributed by atoms with Crippen molar-refractivity contribution >= 4 is 33.9 Å². The van der Waals surface area contributed by atoms with Crippen molar-refractivity contribution in [1.29, 1.82) is 0 Å². The Labute approximate surface area is 185 Å². The number of aromatic amines is 1. The molecule has 5 rings (SSSR count). The number of aromatic nitrogens is 1. The van der Waals surface area contributed by atoms with Gasteiger partial charge in [0, 0.05) is 21.8 Å². The molecule has 5 nitrogen and oxygen atoms in total. The number of hydrogen-bond donors (Lipinski definition) is 3. The molecule has 32 heavy (non-hydrogen) atoms. The molecule has 0 aliphatic carbocycles. The number of hydrazone groups is 1. The normalized spacial score (nSPS) is 11.9. The van der Waals surface area contributed by atoms with Crippen LogP contribution in [0.15, 0.2) is 108 Å². The largest absolute Gasteiger partial charge is 0.372 e.